The fraction of sp³-hybridized carbons (Fsp3) is 0.214. The number of carbonyl (C=O) groups excluding carboxylic acids is 2. The lowest BCUT2D eigenvalue weighted by Gasteiger charge is -2.08. The van der Waals surface area contributed by atoms with E-state index >= 15 is 0 Å². The number of carbonyl (C=O) groups is 2. The average Bonchev–Trinajstić information content (AvgIpc) is 2.87. The van der Waals surface area contributed by atoms with Crippen LogP contribution in [0.5, 0.6) is 11.5 Å². The quantitative estimate of drug-likeness (QED) is 0.849. The van der Waals surface area contributed by atoms with Crippen molar-refractivity contribution < 1.29 is 19.1 Å². The van der Waals surface area contributed by atoms with Crippen molar-refractivity contribution in [2.45, 2.75) is 0 Å². The van der Waals surface area contributed by atoms with Gasteiger partial charge in [-0.25, -0.2) is 0 Å². The van der Waals surface area contributed by atoms with Crippen LogP contribution in [0.4, 0.5) is 5.69 Å². The van der Waals surface area contributed by atoms with E-state index in [2.05, 4.69) is 10.4 Å². The van der Waals surface area contributed by atoms with Gasteiger partial charge in [0.15, 0.2) is 5.69 Å². The highest BCUT2D eigenvalue weighted by molar-refractivity contribution is 6.08. The van der Waals surface area contributed by atoms with Crippen LogP contribution >= 0.6 is 0 Å². The first-order valence-electron chi connectivity index (χ1n) is 6.32. The summed E-state index contributed by atoms with van der Waals surface area (Å²) in [6.07, 6.45) is 1.50. The lowest BCUT2D eigenvalue weighted by atomic mass is 10.2. The van der Waals surface area contributed by atoms with E-state index in [0.29, 0.717) is 17.1 Å². The molecule has 0 saturated carbocycles. The Bertz CT molecular complexity index is 701. The van der Waals surface area contributed by atoms with Gasteiger partial charge in [-0.3, -0.25) is 14.3 Å². The standard InChI is InChI=1S/C14H16N4O4/c1-18-7-11(12(17-18)13(15)19)16-14(20)8-4-9(21-2)6-10(5-8)22-3/h4-7H,1-3H3,(H2,15,19)(H,16,20). The zero-order chi connectivity index (χ0) is 16.3. The van der Waals surface area contributed by atoms with Gasteiger partial charge in [0.1, 0.15) is 11.5 Å². The third-order valence-electron chi connectivity index (χ3n) is 2.92. The normalized spacial score (nSPS) is 10.1. The second-order valence-corrected chi connectivity index (χ2v) is 4.48. The van der Waals surface area contributed by atoms with Gasteiger partial charge >= 0.3 is 0 Å². The number of amides is 2. The topological polar surface area (TPSA) is 108 Å². The minimum absolute atomic E-state index is 0.00860. The van der Waals surface area contributed by atoms with Crippen LogP contribution in [0.3, 0.4) is 0 Å². The number of nitrogens with zero attached hydrogens (tertiary/aromatic N) is 2. The molecule has 0 unspecified atom stereocenters. The maximum absolute atomic E-state index is 12.3. The molecular formula is C14H16N4O4. The largest absolute Gasteiger partial charge is 0.497 e. The van der Waals surface area contributed by atoms with Crippen molar-refractivity contribution in [3.05, 3.63) is 35.7 Å². The number of hydrogen-bond acceptors (Lipinski definition) is 5. The molecule has 22 heavy (non-hydrogen) atoms. The van der Waals surface area contributed by atoms with E-state index in [9.17, 15) is 9.59 Å². The number of anilines is 1. The molecule has 2 aromatic rings. The first-order chi connectivity index (χ1) is 10.4. The SMILES string of the molecule is COc1cc(OC)cc(C(=O)Nc2cn(C)nc2C(N)=O)c1. The van der Waals surface area contributed by atoms with Crippen LogP contribution in [0.15, 0.2) is 24.4 Å². The molecule has 116 valence electrons. The van der Waals surface area contributed by atoms with Gasteiger partial charge in [-0.1, -0.05) is 0 Å². The van der Waals surface area contributed by atoms with E-state index in [-0.39, 0.29) is 11.4 Å². The first kappa shape index (κ1) is 15.4. The van der Waals surface area contributed by atoms with Crippen molar-refractivity contribution in [2.24, 2.45) is 12.8 Å². The summed E-state index contributed by atoms with van der Waals surface area (Å²) in [6, 6.07) is 4.76. The number of aromatic nitrogens is 2. The lowest BCUT2D eigenvalue weighted by molar-refractivity contribution is 0.0995. The van der Waals surface area contributed by atoms with Gasteiger partial charge in [-0.05, 0) is 12.1 Å². The monoisotopic (exact) mass is 304 g/mol. The van der Waals surface area contributed by atoms with Crippen LogP contribution in [0.2, 0.25) is 0 Å². The Hall–Kier alpha value is -3.03. The maximum Gasteiger partial charge on any atom is 0.271 e. The Morgan fingerprint density at radius 1 is 1.18 bits per heavy atom. The van der Waals surface area contributed by atoms with Gasteiger partial charge in [0.25, 0.3) is 11.8 Å². The fourth-order valence-corrected chi connectivity index (χ4v) is 1.89. The van der Waals surface area contributed by atoms with E-state index in [1.54, 1.807) is 25.2 Å². The third-order valence-corrected chi connectivity index (χ3v) is 2.92. The van der Waals surface area contributed by atoms with Gasteiger partial charge in [-0.15, -0.1) is 0 Å². The molecule has 1 aromatic carbocycles. The summed E-state index contributed by atoms with van der Waals surface area (Å²) in [7, 11) is 4.60. The predicted molar refractivity (Wildman–Crippen MR) is 79.2 cm³/mol. The van der Waals surface area contributed by atoms with Crippen LogP contribution in [0, 0.1) is 0 Å². The first-order valence-corrected chi connectivity index (χ1v) is 6.32. The second-order valence-electron chi connectivity index (χ2n) is 4.48. The molecule has 2 rings (SSSR count). The number of aryl methyl sites for hydroxylation is 1. The molecule has 3 N–H and O–H groups in total. The van der Waals surface area contributed by atoms with E-state index in [1.165, 1.54) is 25.1 Å². The van der Waals surface area contributed by atoms with Crippen molar-refractivity contribution in [2.75, 3.05) is 19.5 Å². The second kappa shape index (κ2) is 6.17. The molecule has 0 bridgehead atoms. The van der Waals surface area contributed by atoms with Gasteiger partial charge < -0.3 is 20.5 Å². The van der Waals surface area contributed by atoms with Crippen molar-refractivity contribution in [1.82, 2.24) is 9.78 Å². The van der Waals surface area contributed by atoms with Crippen LogP contribution in [-0.2, 0) is 7.05 Å². The van der Waals surface area contributed by atoms with Gasteiger partial charge in [0.2, 0.25) is 0 Å². The molecule has 0 atom stereocenters. The Balaban J connectivity index is 2.31. The number of hydrogen-bond donors (Lipinski definition) is 2. The number of benzene rings is 1. The molecule has 8 nitrogen and oxygen atoms in total. The van der Waals surface area contributed by atoms with Crippen LogP contribution < -0.4 is 20.5 Å². The maximum atomic E-state index is 12.3. The van der Waals surface area contributed by atoms with E-state index in [1.807, 2.05) is 0 Å². The van der Waals surface area contributed by atoms with E-state index in [0.717, 1.165) is 0 Å². The molecule has 1 aromatic heterocycles. The molecule has 0 aliphatic heterocycles. The van der Waals surface area contributed by atoms with Gasteiger partial charge in [0.05, 0.1) is 19.9 Å². The van der Waals surface area contributed by atoms with Crippen LogP contribution in [-0.4, -0.2) is 35.8 Å². The molecule has 2 amide bonds. The Kier molecular flexibility index (Phi) is 4.31. The lowest BCUT2D eigenvalue weighted by Crippen LogP contribution is -2.18. The van der Waals surface area contributed by atoms with Crippen LogP contribution in [0.1, 0.15) is 20.8 Å². The minimum Gasteiger partial charge on any atom is -0.497 e. The summed E-state index contributed by atoms with van der Waals surface area (Å²) >= 11 is 0. The highest BCUT2D eigenvalue weighted by Gasteiger charge is 2.17. The molecule has 0 fully saturated rings. The summed E-state index contributed by atoms with van der Waals surface area (Å²) in [5, 5.41) is 6.50. The van der Waals surface area contributed by atoms with E-state index < -0.39 is 11.8 Å². The predicted octanol–water partition coefficient (Wildman–Crippen LogP) is 0.788. The smallest absolute Gasteiger partial charge is 0.271 e. The molecule has 0 saturated heterocycles. The Labute approximate surface area is 126 Å². The third kappa shape index (κ3) is 3.17. The summed E-state index contributed by atoms with van der Waals surface area (Å²) in [4.78, 5) is 23.6. The van der Waals surface area contributed by atoms with Gasteiger partial charge in [-0.2, -0.15) is 5.10 Å². The zero-order valence-electron chi connectivity index (χ0n) is 12.4. The zero-order valence-corrected chi connectivity index (χ0v) is 12.4. The summed E-state index contributed by atoms with van der Waals surface area (Å²) in [5.74, 6) is -0.205. The molecule has 0 radical (unpaired) electrons. The Morgan fingerprint density at radius 3 is 2.27 bits per heavy atom. The molecular weight excluding hydrogens is 288 g/mol. The minimum atomic E-state index is -0.723. The summed E-state index contributed by atoms with van der Waals surface area (Å²) in [5.41, 5.74) is 5.77. The molecule has 0 spiro atoms. The van der Waals surface area contributed by atoms with E-state index in [4.69, 9.17) is 15.2 Å². The highest BCUT2D eigenvalue weighted by Crippen LogP contribution is 2.23. The van der Waals surface area contributed by atoms with Crippen LogP contribution in [0.25, 0.3) is 0 Å². The number of ether oxygens (including phenoxy) is 2. The van der Waals surface area contributed by atoms with Gasteiger partial charge in [0, 0.05) is 24.9 Å². The fourth-order valence-electron chi connectivity index (χ4n) is 1.89. The molecule has 1 heterocycles. The highest BCUT2D eigenvalue weighted by atomic mass is 16.5. The number of methoxy groups -OCH3 is 2. The average molecular weight is 304 g/mol. The molecule has 0 aliphatic rings. The van der Waals surface area contributed by atoms with Crippen molar-refractivity contribution in [3.8, 4) is 11.5 Å². The van der Waals surface area contributed by atoms with Crippen molar-refractivity contribution in [3.63, 3.8) is 0 Å². The molecule has 8 heteroatoms. The summed E-state index contributed by atoms with van der Waals surface area (Å²) < 4.78 is 11.6. The number of nitrogens with two attached hydrogens (primary N) is 1. The number of rotatable bonds is 5. The Morgan fingerprint density at radius 2 is 1.77 bits per heavy atom. The van der Waals surface area contributed by atoms with Crippen molar-refractivity contribution >= 4 is 17.5 Å². The van der Waals surface area contributed by atoms with Crippen molar-refractivity contribution in [1.29, 1.82) is 0 Å². The summed E-state index contributed by atoms with van der Waals surface area (Å²) in [6.45, 7) is 0. The molecule has 0 aliphatic carbocycles. The number of nitrogens with one attached hydrogen (secondary N) is 1. The number of primary amides is 1.